The molecule has 0 saturated carbocycles. The zero-order valence-corrected chi connectivity index (χ0v) is 12.9. The topological polar surface area (TPSA) is 56.5 Å². The Morgan fingerprint density at radius 2 is 1.86 bits per heavy atom. The van der Waals surface area contributed by atoms with E-state index in [-0.39, 0.29) is 12.4 Å². The Bertz CT molecular complexity index is 686. The van der Waals surface area contributed by atoms with Crippen LogP contribution in [0, 0.1) is 20.8 Å². The molecule has 4 heteroatoms. The highest BCUT2D eigenvalue weighted by Crippen LogP contribution is 2.17. The maximum Gasteiger partial charge on any atom is 0.331 e. The number of benzene rings is 1. The third kappa shape index (κ3) is 3.95. The first kappa shape index (κ1) is 15.8. The maximum absolute atomic E-state index is 12.2. The molecule has 4 nitrogen and oxygen atoms in total. The minimum Gasteiger partial charge on any atom is -0.465 e. The highest BCUT2D eigenvalue weighted by Gasteiger charge is 2.14. The first-order chi connectivity index (χ1) is 10.5. The molecule has 1 aromatic carbocycles. The Hall–Kier alpha value is -2.62. The van der Waals surface area contributed by atoms with Crippen LogP contribution in [0.5, 0.6) is 0 Å². The van der Waals surface area contributed by atoms with Gasteiger partial charge in [-0.25, -0.2) is 4.79 Å². The van der Waals surface area contributed by atoms with E-state index in [0.717, 1.165) is 16.7 Å². The molecule has 0 aliphatic carbocycles. The third-order valence-electron chi connectivity index (χ3n) is 3.23. The lowest BCUT2D eigenvalue weighted by Crippen LogP contribution is -2.15. The Labute approximate surface area is 129 Å². The average molecular weight is 298 g/mol. The molecule has 1 heterocycles. The van der Waals surface area contributed by atoms with Crippen LogP contribution in [0.3, 0.4) is 0 Å². The smallest absolute Gasteiger partial charge is 0.331 e. The molecule has 0 unspecified atom stereocenters. The SMILES string of the molecule is Cc1cc(C)c(C(=O)COC(=O)/C=C/c2ccco2)c(C)c1. The number of carbonyl (C=O) groups is 2. The fourth-order valence-electron chi connectivity index (χ4n) is 2.41. The quantitative estimate of drug-likeness (QED) is 0.480. The van der Waals surface area contributed by atoms with E-state index in [0.29, 0.717) is 11.3 Å². The van der Waals surface area contributed by atoms with Gasteiger partial charge in [0.1, 0.15) is 5.76 Å². The summed E-state index contributed by atoms with van der Waals surface area (Å²) >= 11 is 0. The maximum atomic E-state index is 12.2. The van der Waals surface area contributed by atoms with E-state index in [1.807, 2.05) is 32.9 Å². The molecule has 0 N–H and O–H groups in total. The molecule has 0 amide bonds. The van der Waals surface area contributed by atoms with Crippen molar-refractivity contribution in [3.63, 3.8) is 0 Å². The van der Waals surface area contributed by atoms with E-state index < -0.39 is 5.97 Å². The molecule has 0 radical (unpaired) electrons. The van der Waals surface area contributed by atoms with Gasteiger partial charge in [-0.15, -0.1) is 0 Å². The van der Waals surface area contributed by atoms with Crippen molar-refractivity contribution in [2.45, 2.75) is 20.8 Å². The first-order valence-corrected chi connectivity index (χ1v) is 6.97. The van der Waals surface area contributed by atoms with Gasteiger partial charge >= 0.3 is 5.97 Å². The summed E-state index contributed by atoms with van der Waals surface area (Å²) < 4.78 is 10.0. The predicted molar refractivity (Wildman–Crippen MR) is 83.7 cm³/mol. The number of esters is 1. The van der Waals surface area contributed by atoms with Crippen LogP contribution in [0.2, 0.25) is 0 Å². The number of ether oxygens (including phenoxy) is 1. The molecule has 0 spiro atoms. The van der Waals surface area contributed by atoms with Gasteiger partial charge in [-0.2, -0.15) is 0 Å². The van der Waals surface area contributed by atoms with Crippen molar-refractivity contribution in [3.8, 4) is 0 Å². The van der Waals surface area contributed by atoms with Crippen LogP contribution in [-0.4, -0.2) is 18.4 Å². The summed E-state index contributed by atoms with van der Waals surface area (Å²) in [5.41, 5.74) is 3.51. The summed E-state index contributed by atoms with van der Waals surface area (Å²) in [6.45, 7) is 5.47. The van der Waals surface area contributed by atoms with Gasteiger partial charge in [-0.05, 0) is 50.1 Å². The highest BCUT2D eigenvalue weighted by atomic mass is 16.5. The van der Waals surface area contributed by atoms with Crippen LogP contribution < -0.4 is 0 Å². The van der Waals surface area contributed by atoms with Gasteiger partial charge in [-0.1, -0.05) is 17.7 Å². The summed E-state index contributed by atoms with van der Waals surface area (Å²) in [6, 6.07) is 7.32. The Kier molecular flexibility index (Phi) is 4.94. The van der Waals surface area contributed by atoms with Crippen molar-refractivity contribution < 1.29 is 18.7 Å². The van der Waals surface area contributed by atoms with Crippen LogP contribution >= 0.6 is 0 Å². The number of rotatable bonds is 5. The molecule has 1 aromatic heterocycles. The predicted octanol–water partition coefficient (Wildman–Crippen LogP) is 3.64. The summed E-state index contributed by atoms with van der Waals surface area (Å²) in [5.74, 6) is -0.226. The first-order valence-electron chi connectivity index (χ1n) is 6.97. The molecular weight excluding hydrogens is 280 g/mol. The van der Waals surface area contributed by atoms with E-state index >= 15 is 0 Å². The monoisotopic (exact) mass is 298 g/mol. The van der Waals surface area contributed by atoms with Gasteiger partial charge in [0.05, 0.1) is 6.26 Å². The number of ketones is 1. The fourth-order valence-corrected chi connectivity index (χ4v) is 2.41. The Morgan fingerprint density at radius 3 is 2.45 bits per heavy atom. The van der Waals surface area contributed by atoms with Crippen LogP contribution in [-0.2, 0) is 9.53 Å². The Morgan fingerprint density at radius 1 is 1.18 bits per heavy atom. The van der Waals surface area contributed by atoms with Crippen LogP contribution in [0.15, 0.2) is 41.0 Å². The summed E-state index contributed by atoms with van der Waals surface area (Å²) in [6.07, 6.45) is 4.24. The summed E-state index contributed by atoms with van der Waals surface area (Å²) in [7, 11) is 0. The van der Waals surface area contributed by atoms with Crippen molar-refractivity contribution in [1.29, 1.82) is 0 Å². The van der Waals surface area contributed by atoms with Crippen molar-refractivity contribution in [2.75, 3.05) is 6.61 Å². The second kappa shape index (κ2) is 6.89. The molecule has 22 heavy (non-hydrogen) atoms. The molecule has 0 saturated heterocycles. The normalized spacial score (nSPS) is 10.9. The second-order valence-electron chi connectivity index (χ2n) is 5.15. The van der Waals surface area contributed by atoms with Gasteiger partial charge in [-0.3, -0.25) is 4.79 Å². The molecular formula is C18H18O4. The lowest BCUT2D eigenvalue weighted by molar-refractivity contribution is -0.136. The highest BCUT2D eigenvalue weighted by molar-refractivity contribution is 6.01. The standard InChI is InChI=1S/C18H18O4/c1-12-9-13(2)18(14(3)10-12)16(19)11-22-17(20)7-6-15-5-4-8-21-15/h4-10H,11H2,1-3H3/b7-6+. The van der Waals surface area contributed by atoms with Crippen molar-refractivity contribution in [1.82, 2.24) is 0 Å². The Balaban J connectivity index is 1.97. The largest absolute Gasteiger partial charge is 0.465 e. The molecule has 2 aromatic rings. The van der Waals surface area contributed by atoms with Crippen molar-refractivity contribution in [3.05, 3.63) is 64.6 Å². The van der Waals surface area contributed by atoms with Gasteiger partial charge < -0.3 is 9.15 Å². The van der Waals surface area contributed by atoms with Gasteiger partial charge in [0.2, 0.25) is 5.78 Å². The van der Waals surface area contributed by atoms with E-state index in [4.69, 9.17) is 9.15 Å². The van der Waals surface area contributed by atoms with Crippen LogP contribution in [0.4, 0.5) is 0 Å². The molecule has 0 bridgehead atoms. The molecule has 0 aliphatic rings. The second-order valence-corrected chi connectivity index (χ2v) is 5.15. The molecule has 114 valence electrons. The van der Waals surface area contributed by atoms with E-state index in [1.54, 1.807) is 12.1 Å². The lowest BCUT2D eigenvalue weighted by Gasteiger charge is -2.10. The minimum absolute atomic E-state index is 0.199. The molecule has 0 aliphatic heterocycles. The number of hydrogen-bond donors (Lipinski definition) is 0. The number of Topliss-reactive ketones (excluding diaryl/α,β-unsaturated/α-hetero) is 1. The number of hydrogen-bond acceptors (Lipinski definition) is 4. The van der Waals surface area contributed by atoms with E-state index in [1.165, 1.54) is 18.4 Å². The zero-order valence-electron chi connectivity index (χ0n) is 12.9. The van der Waals surface area contributed by atoms with Crippen molar-refractivity contribution in [2.24, 2.45) is 0 Å². The fraction of sp³-hybridized carbons (Fsp3) is 0.222. The summed E-state index contributed by atoms with van der Waals surface area (Å²) in [5, 5.41) is 0. The van der Waals surface area contributed by atoms with E-state index in [9.17, 15) is 9.59 Å². The number of furan rings is 1. The summed E-state index contributed by atoms with van der Waals surface area (Å²) in [4.78, 5) is 23.8. The van der Waals surface area contributed by atoms with Crippen LogP contribution in [0.1, 0.15) is 32.8 Å². The van der Waals surface area contributed by atoms with Gasteiger partial charge in [0.25, 0.3) is 0 Å². The number of carbonyl (C=O) groups excluding carboxylic acids is 2. The molecule has 2 rings (SSSR count). The van der Waals surface area contributed by atoms with Gasteiger partial charge in [0, 0.05) is 11.6 Å². The van der Waals surface area contributed by atoms with Crippen LogP contribution in [0.25, 0.3) is 6.08 Å². The lowest BCUT2D eigenvalue weighted by atomic mass is 9.97. The van der Waals surface area contributed by atoms with Gasteiger partial charge in [0.15, 0.2) is 6.61 Å². The zero-order chi connectivity index (χ0) is 16.1. The molecule has 0 fully saturated rings. The third-order valence-corrected chi connectivity index (χ3v) is 3.23. The van der Waals surface area contributed by atoms with Crippen molar-refractivity contribution >= 4 is 17.8 Å². The minimum atomic E-state index is -0.577. The molecule has 0 atom stereocenters. The van der Waals surface area contributed by atoms with E-state index in [2.05, 4.69) is 0 Å². The average Bonchev–Trinajstić information content (AvgIpc) is 2.95. The number of aryl methyl sites for hydroxylation is 3.